The molecular formula is C12H25NO3. The molecule has 1 atom stereocenters. The fourth-order valence-corrected chi connectivity index (χ4v) is 1.43. The summed E-state index contributed by atoms with van der Waals surface area (Å²) in [4.78, 5) is 11.3. The van der Waals surface area contributed by atoms with Crippen LogP contribution in [0.2, 0.25) is 0 Å². The Hall–Kier alpha value is -0.770. The van der Waals surface area contributed by atoms with Gasteiger partial charge in [-0.05, 0) is 33.1 Å². The van der Waals surface area contributed by atoms with Crippen molar-refractivity contribution in [3.63, 3.8) is 0 Å². The fraction of sp³-hybridized carbons (Fsp3) is 0.917. The van der Waals surface area contributed by atoms with E-state index in [1.165, 1.54) is 0 Å². The third kappa shape index (κ3) is 9.77. The molecule has 1 amide bonds. The molecule has 0 spiro atoms. The van der Waals surface area contributed by atoms with E-state index in [0.717, 1.165) is 6.42 Å². The Morgan fingerprint density at radius 1 is 1.12 bits per heavy atom. The zero-order chi connectivity index (χ0) is 12.6. The van der Waals surface area contributed by atoms with E-state index in [0.29, 0.717) is 19.1 Å². The molecule has 0 saturated carbocycles. The van der Waals surface area contributed by atoms with Gasteiger partial charge in [0.25, 0.3) is 0 Å². The number of alkyl carbamates (subject to hydrolysis) is 1. The van der Waals surface area contributed by atoms with Crippen LogP contribution in [0.5, 0.6) is 0 Å². The Labute approximate surface area is 98.7 Å². The van der Waals surface area contributed by atoms with Gasteiger partial charge in [0.2, 0.25) is 0 Å². The normalized spacial score (nSPS) is 12.9. The first kappa shape index (κ1) is 15.2. The molecule has 0 radical (unpaired) electrons. The number of amides is 1. The molecular weight excluding hydrogens is 206 g/mol. The summed E-state index contributed by atoms with van der Waals surface area (Å²) in [6.07, 6.45) is 0.768. The van der Waals surface area contributed by atoms with E-state index in [9.17, 15) is 4.79 Å². The number of carbonyl (C=O) groups is 1. The van der Waals surface area contributed by atoms with Crippen molar-refractivity contribution in [2.75, 3.05) is 13.2 Å². The van der Waals surface area contributed by atoms with Crippen molar-refractivity contribution in [1.29, 1.82) is 0 Å². The molecule has 0 bridgehead atoms. The van der Waals surface area contributed by atoms with Gasteiger partial charge in [0.05, 0.1) is 12.7 Å². The SMILES string of the molecule is CC(C)CC(C)NC(=O)OCCOC(C)C. The molecule has 0 saturated heterocycles. The average Bonchev–Trinajstić information content (AvgIpc) is 2.10. The Morgan fingerprint density at radius 2 is 1.75 bits per heavy atom. The highest BCUT2D eigenvalue weighted by Crippen LogP contribution is 2.03. The van der Waals surface area contributed by atoms with Crippen LogP contribution in [0.25, 0.3) is 0 Å². The van der Waals surface area contributed by atoms with Gasteiger partial charge in [0, 0.05) is 6.04 Å². The third-order valence-corrected chi connectivity index (χ3v) is 1.96. The molecule has 4 nitrogen and oxygen atoms in total. The lowest BCUT2D eigenvalue weighted by Gasteiger charge is -2.16. The molecule has 4 heteroatoms. The number of ether oxygens (including phenoxy) is 2. The third-order valence-electron chi connectivity index (χ3n) is 1.96. The van der Waals surface area contributed by atoms with Crippen molar-refractivity contribution >= 4 is 6.09 Å². The molecule has 0 aliphatic carbocycles. The molecule has 0 aromatic carbocycles. The van der Waals surface area contributed by atoms with Gasteiger partial charge in [-0.15, -0.1) is 0 Å². The fourth-order valence-electron chi connectivity index (χ4n) is 1.43. The van der Waals surface area contributed by atoms with Gasteiger partial charge >= 0.3 is 6.09 Å². The second-order valence-corrected chi connectivity index (χ2v) is 4.73. The van der Waals surface area contributed by atoms with Crippen molar-refractivity contribution in [3.8, 4) is 0 Å². The summed E-state index contributed by atoms with van der Waals surface area (Å²) in [6.45, 7) is 10.9. The first-order chi connectivity index (χ1) is 7.41. The zero-order valence-electron chi connectivity index (χ0n) is 11.1. The predicted octanol–water partition coefficient (Wildman–Crippen LogP) is 2.57. The Kier molecular flexibility index (Phi) is 7.99. The van der Waals surface area contributed by atoms with E-state index in [1.54, 1.807) is 0 Å². The highest BCUT2D eigenvalue weighted by molar-refractivity contribution is 5.67. The lowest BCUT2D eigenvalue weighted by atomic mass is 10.1. The van der Waals surface area contributed by atoms with Crippen molar-refractivity contribution in [2.45, 2.75) is 53.2 Å². The van der Waals surface area contributed by atoms with E-state index in [1.807, 2.05) is 20.8 Å². The van der Waals surface area contributed by atoms with Gasteiger partial charge in [-0.1, -0.05) is 13.8 Å². The van der Waals surface area contributed by atoms with Crippen LogP contribution in [0.1, 0.15) is 41.0 Å². The summed E-state index contributed by atoms with van der Waals surface area (Å²) in [5.74, 6) is 0.569. The lowest BCUT2D eigenvalue weighted by molar-refractivity contribution is 0.0388. The maximum atomic E-state index is 11.3. The summed E-state index contributed by atoms with van der Waals surface area (Å²) in [5.41, 5.74) is 0. The highest BCUT2D eigenvalue weighted by Gasteiger charge is 2.09. The second kappa shape index (κ2) is 8.39. The van der Waals surface area contributed by atoms with Crippen LogP contribution in [-0.2, 0) is 9.47 Å². The van der Waals surface area contributed by atoms with Crippen LogP contribution in [0, 0.1) is 5.92 Å². The largest absolute Gasteiger partial charge is 0.447 e. The van der Waals surface area contributed by atoms with Crippen LogP contribution in [0.3, 0.4) is 0 Å². The number of hydrogen-bond donors (Lipinski definition) is 1. The van der Waals surface area contributed by atoms with Crippen molar-refractivity contribution in [3.05, 3.63) is 0 Å². The van der Waals surface area contributed by atoms with Gasteiger partial charge in [-0.2, -0.15) is 0 Å². The molecule has 0 heterocycles. The monoisotopic (exact) mass is 231 g/mol. The predicted molar refractivity (Wildman–Crippen MR) is 64.5 cm³/mol. The minimum absolute atomic E-state index is 0.151. The van der Waals surface area contributed by atoms with E-state index >= 15 is 0 Å². The molecule has 0 fully saturated rings. The second-order valence-electron chi connectivity index (χ2n) is 4.73. The first-order valence-corrected chi connectivity index (χ1v) is 5.96. The van der Waals surface area contributed by atoms with E-state index in [2.05, 4.69) is 19.2 Å². The van der Waals surface area contributed by atoms with Crippen molar-refractivity contribution in [2.24, 2.45) is 5.92 Å². The van der Waals surface area contributed by atoms with Crippen LogP contribution in [0.15, 0.2) is 0 Å². The highest BCUT2D eigenvalue weighted by atomic mass is 16.6. The molecule has 1 unspecified atom stereocenters. The summed E-state index contributed by atoms with van der Waals surface area (Å²) in [5, 5.41) is 2.78. The molecule has 0 aliphatic heterocycles. The smallest absolute Gasteiger partial charge is 0.407 e. The van der Waals surface area contributed by atoms with E-state index in [4.69, 9.17) is 9.47 Å². The van der Waals surface area contributed by atoms with E-state index in [-0.39, 0.29) is 18.2 Å². The van der Waals surface area contributed by atoms with Crippen LogP contribution < -0.4 is 5.32 Å². The number of rotatable bonds is 7. The average molecular weight is 231 g/mol. The van der Waals surface area contributed by atoms with Crippen LogP contribution in [-0.4, -0.2) is 31.5 Å². The van der Waals surface area contributed by atoms with Gasteiger partial charge in [-0.25, -0.2) is 4.79 Å². The molecule has 0 aromatic heterocycles. The summed E-state index contributed by atoms with van der Waals surface area (Å²) in [6, 6.07) is 0.151. The number of nitrogens with one attached hydrogen (secondary N) is 1. The molecule has 96 valence electrons. The van der Waals surface area contributed by atoms with Gasteiger partial charge in [-0.3, -0.25) is 0 Å². The van der Waals surface area contributed by atoms with E-state index < -0.39 is 0 Å². The zero-order valence-corrected chi connectivity index (χ0v) is 11.1. The molecule has 16 heavy (non-hydrogen) atoms. The van der Waals surface area contributed by atoms with Crippen molar-refractivity contribution < 1.29 is 14.3 Å². The maximum Gasteiger partial charge on any atom is 0.407 e. The molecule has 0 rings (SSSR count). The Morgan fingerprint density at radius 3 is 2.25 bits per heavy atom. The maximum absolute atomic E-state index is 11.3. The van der Waals surface area contributed by atoms with Gasteiger partial charge < -0.3 is 14.8 Å². The lowest BCUT2D eigenvalue weighted by Crippen LogP contribution is -2.34. The molecule has 0 aromatic rings. The molecule has 1 N–H and O–H groups in total. The Bertz CT molecular complexity index is 193. The van der Waals surface area contributed by atoms with Crippen LogP contribution in [0.4, 0.5) is 4.79 Å². The minimum atomic E-state index is -0.361. The van der Waals surface area contributed by atoms with Gasteiger partial charge in [0.1, 0.15) is 6.61 Å². The standard InChI is InChI=1S/C12H25NO3/c1-9(2)8-11(5)13-12(14)16-7-6-15-10(3)4/h9-11H,6-8H2,1-5H3,(H,13,14). The summed E-state index contributed by atoms with van der Waals surface area (Å²) in [7, 11) is 0. The quantitative estimate of drug-likeness (QED) is 0.685. The van der Waals surface area contributed by atoms with Crippen molar-refractivity contribution in [1.82, 2.24) is 5.32 Å². The first-order valence-electron chi connectivity index (χ1n) is 5.96. The Balaban J connectivity index is 3.51. The summed E-state index contributed by atoms with van der Waals surface area (Å²) < 4.78 is 10.2. The molecule has 0 aliphatic rings. The minimum Gasteiger partial charge on any atom is -0.447 e. The summed E-state index contributed by atoms with van der Waals surface area (Å²) >= 11 is 0. The topological polar surface area (TPSA) is 47.6 Å². The number of hydrogen-bond acceptors (Lipinski definition) is 3. The van der Waals surface area contributed by atoms with Crippen LogP contribution >= 0.6 is 0 Å². The number of carbonyl (C=O) groups excluding carboxylic acids is 1. The van der Waals surface area contributed by atoms with Gasteiger partial charge in [0.15, 0.2) is 0 Å².